The normalized spacial score (nSPS) is 12.8. The van der Waals surface area contributed by atoms with Crippen LogP contribution in [-0.2, 0) is 28.9 Å². The van der Waals surface area contributed by atoms with Crippen molar-refractivity contribution in [2.24, 2.45) is 5.73 Å². The van der Waals surface area contributed by atoms with Crippen LogP contribution in [0.25, 0.3) is 0 Å². The van der Waals surface area contributed by atoms with Crippen LogP contribution in [0.4, 0.5) is 17.6 Å². The number of imide groups is 1. The number of hydrogen-bond acceptors (Lipinski definition) is 5. The van der Waals surface area contributed by atoms with Gasteiger partial charge in [0.15, 0.2) is 0 Å². The molecule has 0 aliphatic heterocycles. The fourth-order valence-electron chi connectivity index (χ4n) is 4.61. The molecule has 0 fully saturated rings. The molecule has 4 N–H and O–H groups in total. The van der Waals surface area contributed by atoms with E-state index in [4.69, 9.17) is 22.1 Å². The number of rotatable bonds is 11. The number of alkyl halides is 3. The Bertz CT molecular complexity index is 1610. The van der Waals surface area contributed by atoms with E-state index in [1.165, 1.54) is 36.4 Å². The van der Waals surface area contributed by atoms with Crippen molar-refractivity contribution in [3.8, 4) is 11.5 Å². The Kier molecular flexibility index (Phi) is 10.7. The second kappa shape index (κ2) is 14.5. The van der Waals surface area contributed by atoms with Gasteiger partial charge in [-0.2, -0.15) is 13.2 Å². The topological polar surface area (TPSA) is 93.5 Å². The highest BCUT2D eigenvalue weighted by Crippen LogP contribution is 2.38. The number of nitrogens with one attached hydrogen (secondary N) is 2. The van der Waals surface area contributed by atoms with Crippen LogP contribution in [-0.4, -0.2) is 17.9 Å². The smallest absolute Gasteiger partial charge is 0.416 e. The van der Waals surface area contributed by atoms with Gasteiger partial charge in [-0.1, -0.05) is 67.1 Å². The molecule has 0 heterocycles. The molecule has 2 unspecified atom stereocenters. The summed E-state index contributed by atoms with van der Waals surface area (Å²) < 4.78 is 60.2. The number of carbonyl (C=O) groups excluding carboxylic acids is 2. The molecule has 0 saturated carbocycles. The minimum atomic E-state index is -4.59. The van der Waals surface area contributed by atoms with E-state index in [0.717, 1.165) is 17.7 Å². The lowest BCUT2D eigenvalue weighted by molar-refractivity contribution is -0.137. The van der Waals surface area contributed by atoms with Gasteiger partial charge in [-0.3, -0.25) is 14.9 Å². The highest BCUT2D eigenvalue weighted by Gasteiger charge is 2.33. The van der Waals surface area contributed by atoms with E-state index in [0.29, 0.717) is 11.3 Å². The maximum Gasteiger partial charge on any atom is 0.416 e. The number of benzene rings is 4. The Labute approximate surface area is 257 Å². The van der Waals surface area contributed by atoms with Crippen LogP contribution in [0.15, 0.2) is 91.0 Å². The number of nitrogens with two attached hydrogens (primary N) is 1. The third-order valence-electron chi connectivity index (χ3n) is 6.95. The molecule has 11 heteroatoms. The molecule has 4 aromatic carbocycles. The minimum Gasteiger partial charge on any atom is -0.457 e. The monoisotopic (exact) mass is 627 g/mol. The van der Waals surface area contributed by atoms with E-state index in [2.05, 4.69) is 10.6 Å². The zero-order chi connectivity index (χ0) is 31.9. The second-order valence-electron chi connectivity index (χ2n) is 9.98. The lowest BCUT2D eigenvalue weighted by Crippen LogP contribution is -2.47. The number of ether oxygens (including phenoxy) is 1. The first-order valence-electron chi connectivity index (χ1n) is 13.7. The maximum atomic E-state index is 14.1. The van der Waals surface area contributed by atoms with Crippen molar-refractivity contribution in [1.29, 1.82) is 0 Å². The average molecular weight is 628 g/mol. The van der Waals surface area contributed by atoms with Gasteiger partial charge in [0.2, 0.25) is 11.8 Å². The summed E-state index contributed by atoms with van der Waals surface area (Å²) in [6, 6.07) is 20.7. The summed E-state index contributed by atoms with van der Waals surface area (Å²) in [5.74, 6) is -2.65. The van der Waals surface area contributed by atoms with E-state index in [1.807, 2.05) is 0 Å². The maximum absolute atomic E-state index is 14.1. The molecule has 0 aliphatic carbocycles. The third-order valence-corrected chi connectivity index (χ3v) is 7.19. The molecule has 230 valence electrons. The predicted octanol–water partition coefficient (Wildman–Crippen LogP) is 7.09. The Morgan fingerprint density at radius 1 is 0.932 bits per heavy atom. The lowest BCUT2D eigenvalue weighted by atomic mass is 9.89. The van der Waals surface area contributed by atoms with Gasteiger partial charge in [-0.05, 0) is 60.0 Å². The van der Waals surface area contributed by atoms with Crippen molar-refractivity contribution in [2.45, 2.75) is 44.6 Å². The summed E-state index contributed by atoms with van der Waals surface area (Å²) in [6.07, 6.45) is -4.32. The van der Waals surface area contributed by atoms with Crippen molar-refractivity contribution >= 4 is 23.4 Å². The van der Waals surface area contributed by atoms with E-state index in [-0.39, 0.29) is 41.4 Å². The van der Waals surface area contributed by atoms with E-state index >= 15 is 0 Å². The fraction of sp³-hybridized carbons (Fsp3) is 0.212. The summed E-state index contributed by atoms with van der Waals surface area (Å²) in [6.45, 7) is 2.00. The molecule has 2 atom stereocenters. The molecule has 4 rings (SSSR count). The first kappa shape index (κ1) is 32.7. The molecule has 2 amide bonds. The van der Waals surface area contributed by atoms with Crippen LogP contribution < -0.4 is 21.1 Å². The average Bonchev–Trinajstić information content (AvgIpc) is 2.99. The van der Waals surface area contributed by atoms with Gasteiger partial charge < -0.3 is 15.8 Å². The molecule has 0 aliphatic rings. The van der Waals surface area contributed by atoms with Crippen LogP contribution >= 0.6 is 11.6 Å². The van der Waals surface area contributed by atoms with E-state index in [9.17, 15) is 27.2 Å². The van der Waals surface area contributed by atoms with Crippen LogP contribution in [0.1, 0.15) is 47.1 Å². The highest BCUT2D eigenvalue weighted by molar-refractivity contribution is 6.30. The summed E-state index contributed by atoms with van der Waals surface area (Å²) in [5, 5.41) is 5.62. The zero-order valence-corrected chi connectivity index (χ0v) is 24.4. The molecule has 0 bridgehead atoms. The standard InChI is InChI=1S/C33H30ClF4N3O3/c1-2-28(40-19-22-7-3-4-9-27(22)35)31(42)41-32(43)30(21-10-12-23(13-11-21)33(36,37)38)26-15-14-24(34)17-29(26)44-25-8-5-6-20(16-25)18-39/h3-17,28,30,40H,2,18-19,39H2,1H3,(H,41,42,43). The van der Waals surface area contributed by atoms with Crippen LogP contribution in [0.5, 0.6) is 11.5 Å². The fourth-order valence-corrected chi connectivity index (χ4v) is 4.77. The van der Waals surface area contributed by atoms with Crippen molar-refractivity contribution in [1.82, 2.24) is 10.6 Å². The Morgan fingerprint density at radius 3 is 2.32 bits per heavy atom. The summed E-state index contributed by atoms with van der Waals surface area (Å²) in [4.78, 5) is 27.1. The van der Waals surface area contributed by atoms with Crippen molar-refractivity contribution in [2.75, 3.05) is 0 Å². The number of hydrogen-bond donors (Lipinski definition) is 3. The largest absolute Gasteiger partial charge is 0.457 e. The first-order chi connectivity index (χ1) is 21.0. The SMILES string of the molecule is CCC(NCc1ccccc1F)C(=O)NC(=O)C(c1ccc(C(F)(F)F)cc1)c1ccc(Cl)cc1Oc1cccc(CN)c1. The van der Waals surface area contributed by atoms with Crippen LogP contribution in [0, 0.1) is 5.82 Å². The van der Waals surface area contributed by atoms with Gasteiger partial charge in [0, 0.05) is 29.2 Å². The quantitative estimate of drug-likeness (QED) is 0.154. The van der Waals surface area contributed by atoms with Gasteiger partial charge in [-0.25, -0.2) is 4.39 Å². The molecule has 0 aromatic heterocycles. The highest BCUT2D eigenvalue weighted by atomic mass is 35.5. The second-order valence-corrected chi connectivity index (χ2v) is 10.4. The minimum absolute atomic E-state index is 0.0339. The Morgan fingerprint density at radius 2 is 1.66 bits per heavy atom. The van der Waals surface area contributed by atoms with Crippen molar-refractivity contribution in [3.63, 3.8) is 0 Å². The van der Waals surface area contributed by atoms with Gasteiger partial charge >= 0.3 is 6.18 Å². The molecule has 4 aromatic rings. The molecule has 0 spiro atoms. The number of carbonyl (C=O) groups is 2. The zero-order valence-electron chi connectivity index (χ0n) is 23.6. The van der Waals surface area contributed by atoms with Crippen LogP contribution in [0.3, 0.4) is 0 Å². The number of amides is 2. The Balaban J connectivity index is 1.68. The van der Waals surface area contributed by atoms with Gasteiger partial charge in [0.25, 0.3) is 0 Å². The predicted molar refractivity (Wildman–Crippen MR) is 160 cm³/mol. The van der Waals surface area contributed by atoms with Gasteiger partial charge in [-0.15, -0.1) is 0 Å². The van der Waals surface area contributed by atoms with Crippen LogP contribution in [0.2, 0.25) is 5.02 Å². The molecule has 0 saturated heterocycles. The number of halogens is 5. The van der Waals surface area contributed by atoms with Gasteiger partial charge in [0.1, 0.15) is 17.3 Å². The first-order valence-corrected chi connectivity index (χ1v) is 14.1. The van der Waals surface area contributed by atoms with E-state index < -0.39 is 41.3 Å². The summed E-state index contributed by atoms with van der Waals surface area (Å²) >= 11 is 6.27. The molecular formula is C33H30ClF4N3O3. The summed E-state index contributed by atoms with van der Waals surface area (Å²) in [5.41, 5.74) is 6.41. The molecule has 6 nitrogen and oxygen atoms in total. The van der Waals surface area contributed by atoms with Crippen molar-refractivity contribution in [3.05, 3.63) is 130 Å². The van der Waals surface area contributed by atoms with E-state index in [1.54, 1.807) is 49.4 Å². The molecular weight excluding hydrogens is 598 g/mol. The molecule has 44 heavy (non-hydrogen) atoms. The third kappa shape index (κ3) is 8.22. The summed E-state index contributed by atoms with van der Waals surface area (Å²) in [7, 11) is 0. The van der Waals surface area contributed by atoms with Gasteiger partial charge in [0.05, 0.1) is 17.5 Å². The Hall–Kier alpha value is -4.25. The lowest BCUT2D eigenvalue weighted by Gasteiger charge is -2.23. The van der Waals surface area contributed by atoms with Crippen molar-refractivity contribution < 1.29 is 31.9 Å². The molecule has 0 radical (unpaired) electrons.